The lowest BCUT2D eigenvalue weighted by molar-refractivity contribution is 0.0651. The molecule has 0 spiro atoms. The third-order valence-corrected chi connectivity index (χ3v) is 3.22. The minimum atomic E-state index is -0.186. The molecule has 5 heteroatoms. The Kier molecular flexibility index (Phi) is 3.29. The van der Waals surface area contributed by atoms with E-state index in [1.165, 1.54) is 0 Å². The van der Waals surface area contributed by atoms with Crippen LogP contribution < -0.4 is 0 Å². The molecule has 0 aromatic carbocycles. The van der Waals surface area contributed by atoms with Crippen LogP contribution in [-0.4, -0.2) is 38.8 Å². The number of nitrogens with zero attached hydrogens (tertiary/aromatic N) is 3. The molecule has 1 unspecified atom stereocenters. The lowest BCUT2D eigenvalue weighted by Crippen LogP contribution is -2.38. The van der Waals surface area contributed by atoms with E-state index < -0.39 is 0 Å². The second-order valence-electron chi connectivity index (χ2n) is 4.09. The van der Waals surface area contributed by atoms with E-state index in [1.807, 2.05) is 11.6 Å². The van der Waals surface area contributed by atoms with Gasteiger partial charge in [-0.2, -0.15) is 0 Å². The van der Waals surface area contributed by atoms with Gasteiger partial charge in [0.25, 0.3) is 0 Å². The molecule has 0 radical (unpaired) electrons. The Morgan fingerprint density at radius 3 is 3.07 bits per heavy atom. The van der Waals surface area contributed by atoms with Crippen LogP contribution in [0.2, 0.25) is 5.15 Å². The molecule has 1 aromatic heterocycles. The van der Waals surface area contributed by atoms with Crippen LogP contribution in [0.1, 0.15) is 18.7 Å². The Balaban J connectivity index is 1.99. The van der Waals surface area contributed by atoms with Gasteiger partial charge in [0.05, 0.1) is 18.8 Å². The molecule has 84 valence electrons. The summed E-state index contributed by atoms with van der Waals surface area (Å²) in [5.41, 5.74) is 0. The number of halogens is 1. The molecule has 0 bridgehead atoms. The topological polar surface area (TPSA) is 41.3 Å². The summed E-state index contributed by atoms with van der Waals surface area (Å²) in [4.78, 5) is 6.46. The van der Waals surface area contributed by atoms with E-state index in [1.54, 1.807) is 6.20 Å². The summed E-state index contributed by atoms with van der Waals surface area (Å²) in [5.74, 6) is 0.953. The van der Waals surface area contributed by atoms with Crippen molar-refractivity contribution in [2.75, 3.05) is 13.1 Å². The first kappa shape index (κ1) is 10.9. The van der Waals surface area contributed by atoms with Gasteiger partial charge in [0.2, 0.25) is 0 Å². The van der Waals surface area contributed by atoms with Crippen molar-refractivity contribution in [3.63, 3.8) is 0 Å². The Hall–Kier alpha value is -0.580. The number of hydrogen-bond donors (Lipinski definition) is 1. The quantitative estimate of drug-likeness (QED) is 0.824. The van der Waals surface area contributed by atoms with Crippen LogP contribution in [0.4, 0.5) is 0 Å². The third kappa shape index (κ3) is 2.51. The third-order valence-electron chi connectivity index (χ3n) is 2.87. The number of rotatable bonds is 2. The fraction of sp³-hybridized carbons (Fsp3) is 0.700. The Morgan fingerprint density at radius 1 is 1.67 bits per heavy atom. The molecule has 1 aliphatic heterocycles. The molecular formula is C10H16ClN3O. The van der Waals surface area contributed by atoms with E-state index in [9.17, 15) is 5.11 Å². The molecular weight excluding hydrogens is 214 g/mol. The first-order valence-corrected chi connectivity index (χ1v) is 5.61. The second kappa shape index (κ2) is 4.51. The fourth-order valence-corrected chi connectivity index (χ4v) is 2.09. The van der Waals surface area contributed by atoms with Gasteiger partial charge in [0.15, 0.2) is 0 Å². The second-order valence-corrected chi connectivity index (χ2v) is 4.47. The zero-order valence-corrected chi connectivity index (χ0v) is 9.61. The van der Waals surface area contributed by atoms with Crippen molar-refractivity contribution in [2.45, 2.75) is 25.5 Å². The van der Waals surface area contributed by atoms with Crippen LogP contribution in [0.15, 0.2) is 6.20 Å². The van der Waals surface area contributed by atoms with E-state index in [0.717, 1.165) is 38.3 Å². The zero-order valence-electron chi connectivity index (χ0n) is 8.86. The van der Waals surface area contributed by atoms with E-state index in [2.05, 4.69) is 9.88 Å². The van der Waals surface area contributed by atoms with Gasteiger partial charge >= 0.3 is 0 Å². The van der Waals surface area contributed by atoms with Crippen molar-refractivity contribution >= 4 is 11.6 Å². The van der Waals surface area contributed by atoms with Crippen molar-refractivity contribution in [3.8, 4) is 0 Å². The Morgan fingerprint density at radius 2 is 2.47 bits per heavy atom. The van der Waals surface area contributed by atoms with Gasteiger partial charge in [-0.15, -0.1) is 0 Å². The smallest absolute Gasteiger partial charge is 0.128 e. The predicted molar refractivity (Wildman–Crippen MR) is 58.7 cm³/mol. The maximum atomic E-state index is 9.54. The first-order valence-electron chi connectivity index (χ1n) is 5.23. The molecule has 0 saturated carbocycles. The lowest BCUT2D eigenvalue weighted by Gasteiger charge is -2.29. The van der Waals surface area contributed by atoms with Crippen LogP contribution in [0.5, 0.6) is 0 Å². The highest BCUT2D eigenvalue weighted by Gasteiger charge is 2.19. The van der Waals surface area contributed by atoms with Crippen LogP contribution >= 0.6 is 11.6 Å². The summed E-state index contributed by atoms with van der Waals surface area (Å²) >= 11 is 5.91. The van der Waals surface area contributed by atoms with Crippen LogP contribution in [-0.2, 0) is 13.6 Å². The van der Waals surface area contributed by atoms with Crippen molar-refractivity contribution in [1.82, 2.24) is 14.5 Å². The van der Waals surface area contributed by atoms with E-state index in [0.29, 0.717) is 5.15 Å². The van der Waals surface area contributed by atoms with E-state index in [4.69, 9.17) is 11.6 Å². The highest BCUT2D eigenvalue weighted by molar-refractivity contribution is 6.29. The van der Waals surface area contributed by atoms with Gasteiger partial charge in [0.1, 0.15) is 11.0 Å². The molecule has 1 aromatic rings. The van der Waals surface area contributed by atoms with Gasteiger partial charge in [-0.05, 0) is 19.4 Å². The molecule has 1 atom stereocenters. The van der Waals surface area contributed by atoms with Crippen molar-refractivity contribution < 1.29 is 5.11 Å². The molecule has 1 N–H and O–H groups in total. The number of likely N-dealkylation sites (tertiary alicyclic amines) is 1. The largest absolute Gasteiger partial charge is 0.392 e. The predicted octanol–water partition coefficient (Wildman–Crippen LogP) is 1.03. The average Bonchev–Trinajstić information content (AvgIpc) is 2.50. The molecule has 1 aliphatic rings. The van der Waals surface area contributed by atoms with Crippen LogP contribution in [0, 0.1) is 0 Å². The molecule has 2 rings (SSSR count). The SMILES string of the molecule is Cn1c(Cl)cnc1CN1CCCC(O)C1. The number of piperidine rings is 1. The van der Waals surface area contributed by atoms with Gasteiger partial charge < -0.3 is 9.67 Å². The van der Waals surface area contributed by atoms with E-state index >= 15 is 0 Å². The van der Waals surface area contributed by atoms with Crippen LogP contribution in [0.25, 0.3) is 0 Å². The summed E-state index contributed by atoms with van der Waals surface area (Å²) < 4.78 is 1.88. The van der Waals surface area contributed by atoms with Crippen molar-refractivity contribution in [1.29, 1.82) is 0 Å². The van der Waals surface area contributed by atoms with Crippen molar-refractivity contribution in [2.24, 2.45) is 7.05 Å². The number of imidazole rings is 1. The van der Waals surface area contributed by atoms with Crippen LogP contribution in [0.3, 0.4) is 0 Å². The summed E-state index contributed by atoms with van der Waals surface area (Å²) in [7, 11) is 1.91. The standard InChI is InChI=1S/C10H16ClN3O/c1-13-9(11)5-12-10(13)7-14-4-2-3-8(15)6-14/h5,8,15H,2-4,6-7H2,1H3. The molecule has 4 nitrogen and oxygen atoms in total. The van der Waals surface area contributed by atoms with Gasteiger partial charge in [-0.1, -0.05) is 11.6 Å². The molecule has 0 amide bonds. The van der Waals surface area contributed by atoms with Gasteiger partial charge in [0, 0.05) is 13.6 Å². The molecule has 15 heavy (non-hydrogen) atoms. The first-order chi connectivity index (χ1) is 7.16. The summed E-state index contributed by atoms with van der Waals surface area (Å²) in [6.45, 7) is 2.53. The molecule has 0 aliphatic carbocycles. The minimum absolute atomic E-state index is 0.186. The number of β-amino-alcohol motifs (C(OH)–C–C–N with tert-alkyl or cyclic N) is 1. The molecule has 1 fully saturated rings. The Bertz CT molecular complexity index is 339. The molecule has 2 heterocycles. The summed E-state index contributed by atoms with van der Waals surface area (Å²) in [6, 6.07) is 0. The molecule has 1 saturated heterocycles. The highest BCUT2D eigenvalue weighted by atomic mass is 35.5. The average molecular weight is 230 g/mol. The summed E-state index contributed by atoms with van der Waals surface area (Å²) in [5, 5.41) is 10.2. The number of aliphatic hydroxyl groups excluding tert-OH is 1. The monoisotopic (exact) mass is 229 g/mol. The summed E-state index contributed by atoms with van der Waals surface area (Å²) in [6.07, 6.45) is 3.45. The Labute approximate surface area is 94.5 Å². The minimum Gasteiger partial charge on any atom is -0.392 e. The normalized spacial score (nSPS) is 23.3. The van der Waals surface area contributed by atoms with E-state index in [-0.39, 0.29) is 6.10 Å². The van der Waals surface area contributed by atoms with Gasteiger partial charge in [-0.3, -0.25) is 4.90 Å². The lowest BCUT2D eigenvalue weighted by atomic mass is 10.1. The van der Waals surface area contributed by atoms with Gasteiger partial charge in [-0.25, -0.2) is 4.98 Å². The highest BCUT2D eigenvalue weighted by Crippen LogP contribution is 2.15. The number of aromatic nitrogens is 2. The maximum Gasteiger partial charge on any atom is 0.128 e. The number of aliphatic hydroxyl groups is 1. The van der Waals surface area contributed by atoms with Crippen molar-refractivity contribution in [3.05, 3.63) is 17.2 Å². The number of hydrogen-bond acceptors (Lipinski definition) is 3. The maximum absolute atomic E-state index is 9.54. The zero-order chi connectivity index (χ0) is 10.8. The fourth-order valence-electron chi connectivity index (χ4n) is 1.95.